The lowest BCUT2D eigenvalue weighted by Crippen LogP contribution is -1.89. The number of hydrogen-bond acceptors (Lipinski definition) is 1. The molecule has 0 radical (unpaired) electrons. The Kier molecular flexibility index (Phi) is 5.89. The Balaban J connectivity index is 0.000000433. The molecule has 0 aliphatic heterocycles. The summed E-state index contributed by atoms with van der Waals surface area (Å²) in [6.45, 7) is 7.80. The first-order valence-electron chi connectivity index (χ1n) is 7.16. The van der Waals surface area contributed by atoms with Gasteiger partial charge in [-0.2, -0.15) is 0 Å². The zero-order valence-corrected chi connectivity index (χ0v) is 13.7. The van der Waals surface area contributed by atoms with E-state index in [1.807, 2.05) is 12.2 Å². The van der Waals surface area contributed by atoms with E-state index in [0.717, 1.165) is 6.42 Å². The molecule has 0 spiro atoms. The molecule has 4 heteroatoms. The van der Waals surface area contributed by atoms with Crippen LogP contribution in [0.3, 0.4) is 0 Å². The first-order valence-corrected chi connectivity index (χ1v) is 8.46. The highest BCUT2D eigenvalue weighted by atomic mass is 31.1. The third-order valence-corrected chi connectivity index (χ3v) is 3.59. The van der Waals surface area contributed by atoms with Crippen molar-refractivity contribution in [3.05, 3.63) is 78.9 Å². The molecule has 23 heavy (non-hydrogen) atoms. The summed E-state index contributed by atoms with van der Waals surface area (Å²) < 4.78 is 8.74. The molecular formula is C19H19O3P. The lowest BCUT2D eigenvalue weighted by atomic mass is 9.94. The molecular weight excluding hydrogens is 307 g/mol. The second-order valence-electron chi connectivity index (χ2n) is 5.04. The highest BCUT2D eigenvalue weighted by molar-refractivity contribution is 7.30. The molecule has 0 aliphatic rings. The molecule has 3 nitrogen and oxygen atoms in total. The largest absolute Gasteiger partial charge is 0.326 e. The molecule has 0 atom stereocenters. The summed E-state index contributed by atoms with van der Waals surface area (Å²) in [6.07, 6.45) is 4.77. The van der Waals surface area contributed by atoms with Gasteiger partial charge in [-0.1, -0.05) is 55.1 Å². The zero-order valence-electron chi connectivity index (χ0n) is 12.7. The number of allylic oxidation sites excluding steroid dienone is 1. The van der Waals surface area contributed by atoms with E-state index in [1.165, 1.54) is 32.7 Å². The predicted molar refractivity (Wildman–Crippen MR) is 98.9 cm³/mol. The first kappa shape index (κ1) is 17.2. The first-order chi connectivity index (χ1) is 11.1. The molecule has 0 bridgehead atoms. The summed E-state index contributed by atoms with van der Waals surface area (Å²) >= 11 is 0. The van der Waals surface area contributed by atoms with Gasteiger partial charge in [0.05, 0.1) is 0 Å². The Morgan fingerprint density at radius 2 is 1.57 bits per heavy atom. The van der Waals surface area contributed by atoms with Crippen LogP contribution in [0.2, 0.25) is 0 Å². The maximum absolute atomic E-state index is 8.74. The number of fused-ring (bicyclic) bond motifs is 2. The van der Waals surface area contributed by atoms with Gasteiger partial charge in [0.1, 0.15) is 0 Å². The molecule has 0 aliphatic carbocycles. The molecule has 3 aromatic carbocycles. The van der Waals surface area contributed by atoms with Gasteiger partial charge in [-0.25, -0.2) is 0 Å². The van der Waals surface area contributed by atoms with Crippen molar-refractivity contribution in [2.75, 3.05) is 0 Å². The average Bonchev–Trinajstić information content (AvgIpc) is 2.52. The van der Waals surface area contributed by atoms with Crippen LogP contribution in [0.15, 0.2) is 67.8 Å². The molecule has 0 saturated carbocycles. The normalized spacial score (nSPS) is 10.4. The van der Waals surface area contributed by atoms with Gasteiger partial charge in [-0.15, -0.1) is 6.58 Å². The fourth-order valence-corrected chi connectivity index (χ4v) is 2.66. The van der Waals surface area contributed by atoms with Gasteiger partial charge < -0.3 is 9.79 Å². The van der Waals surface area contributed by atoms with Gasteiger partial charge in [0.2, 0.25) is 0 Å². The van der Waals surface area contributed by atoms with Gasteiger partial charge in [0.15, 0.2) is 0 Å². The van der Waals surface area contributed by atoms with Crippen LogP contribution in [-0.2, 0) is 11.0 Å². The number of benzene rings is 3. The minimum atomic E-state index is -3.13. The Hall–Kier alpha value is -2.19. The van der Waals surface area contributed by atoms with Crippen molar-refractivity contribution >= 4 is 35.9 Å². The lowest BCUT2D eigenvalue weighted by molar-refractivity contribution is 0.405. The summed E-state index contributed by atoms with van der Waals surface area (Å²) in [6, 6.07) is 17.3. The van der Waals surface area contributed by atoms with Crippen molar-refractivity contribution in [2.45, 2.75) is 6.42 Å². The minimum Gasteiger partial charge on any atom is -0.326 e. The van der Waals surface area contributed by atoms with Gasteiger partial charge in [-0.05, 0) is 51.2 Å². The molecule has 0 saturated heterocycles. The Labute approximate surface area is 136 Å². The minimum absolute atomic E-state index is 0.879. The molecule has 0 heterocycles. The topological polar surface area (TPSA) is 57.5 Å². The molecule has 3 rings (SSSR count). The van der Waals surface area contributed by atoms with E-state index in [9.17, 15) is 0 Å². The van der Waals surface area contributed by atoms with Crippen molar-refractivity contribution < 1.29 is 14.4 Å². The van der Waals surface area contributed by atoms with Gasteiger partial charge in [0.25, 0.3) is 0 Å². The molecule has 0 amide bonds. The third kappa shape index (κ3) is 4.17. The molecule has 118 valence electrons. The second kappa shape index (κ2) is 7.89. The fraction of sp³-hybridized carbons (Fsp3) is 0.0526. The SMILES string of the molecule is C=CCc1ccc2cc3ccccc3cc2c1C=C.O=[PH](O)O. The van der Waals surface area contributed by atoms with Crippen LogP contribution in [0.4, 0.5) is 0 Å². The average molecular weight is 326 g/mol. The van der Waals surface area contributed by atoms with Gasteiger partial charge in [-0.3, -0.25) is 4.57 Å². The summed E-state index contributed by atoms with van der Waals surface area (Å²) in [5.74, 6) is 0. The quantitative estimate of drug-likeness (QED) is 0.416. The van der Waals surface area contributed by atoms with Crippen LogP contribution < -0.4 is 0 Å². The van der Waals surface area contributed by atoms with Crippen molar-refractivity contribution in [2.24, 2.45) is 0 Å². The monoisotopic (exact) mass is 326 g/mol. The lowest BCUT2D eigenvalue weighted by Gasteiger charge is -2.10. The maximum Gasteiger partial charge on any atom is 0.314 e. The molecule has 2 N–H and O–H groups in total. The van der Waals surface area contributed by atoms with E-state index >= 15 is 0 Å². The predicted octanol–water partition coefficient (Wildman–Crippen LogP) is 4.73. The standard InChI is InChI=1S/C19H16.H3O3P/c1-3-7-14-10-11-17-12-15-8-5-6-9-16(15)13-19(17)18(14)4-2;1-4(2)3/h3-6,8-13H,1-2,7H2;4H,(H2,1,2,3). The Morgan fingerprint density at radius 3 is 2.13 bits per heavy atom. The van der Waals surface area contributed by atoms with Gasteiger partial charge in [0, 0.05) is 0 Å². The maximum atomic E-state index is 8.74. The van der Waals surface area contributed by atoms with Crippen LogP contribution in [0.25, 0.3) is 27.6 Å². The van der Waals surface area contributed by atoms with Crippen molar-refractivity contribution in [3.63, 3.8) is 0 Å². The van der Waals surface area contributed by atoms with E-state index < -0.39 is 8.25 Å². The second-order valence-corrected chi connectivity index (χ2v) is 5.60. The summed E-state index contributed by atoms with van der Waals surface area (Å²) in [5.41, 5.74) is 2.51. The summed E-state index contributed by atoms with van der Waals surface area (Å²) in [4.78, 5) is 14.3. The van der Waals surface area contributed by atoms with Crippen molar-refractivity contribution in [1.82, 2.24) is 0 Å². The van der Waals surface area contributed by atoms with E-state index in [1.54, 1.807) is 0 Å². The smallest absolute Gasteiger partial charge is 0.314 e. The Bertz CT molecular complexity index is 880. The van der Waals surface area contributed by atoms with Crippen LogP contribution in [-0.4, -0.2) is 9.79 Å². The highest BCUT2D eigenvalue weighted by Gasteiger charge is 2.05. The van der Waals surface area contributed by atoms with Crippen LogP contribution in [0.1, 0.15) is 11.1 Å². The van der Waals surface area contributed by atoms with E-state index in [0.29, 0.717) is 0 Å². The molecule has 0 fully saturated rings. The van der Waals surface area contributed by atoms with Crippen molar-refractivity contribution in [3.8, 4) is 0 Å². The Morgan fingerprint density at radius 1 is 0.957 bits per heavy atom. The molecule has 0 unspecified atom stereocenters. The fourth-order valence-electron chi connectivity index (χ4n) is 2.66. The van der Waals surface area contributed by atoms with E-state index in [-0.39, 0.29) is 0 Å². The highest BCUT2D eigenvalue weighted by Crippen LogP contribution is 2.28. The van der Waals surface area contributed by atoms with E-state index in [2.05, 4.69) is 61.7 Å². The number of rotatable bonds is 3. The van der Waals surface area contributed by atoms with E-state index in [4.69, 9.17) is 14.4 Å². The van der Waals surface area contributed by atoms with Crippen LogP contribution in [0, 0.1) is 0 Å². The zero-order chi connectivity index (χ0) is 16.8. The van der Waals surface area contributed by atoms with Gasteiger partial charge >= 0.3 is 8.25 Å². The molecule has 0 aromatic heterocycles. The third-order valence-electron chi connectivity index (χ3n) is 3.59. The van der Waals surface area contributed by atoms with Crippen molar-refractivity contribution in [1.29, 1.82) is 0 Å². The number of hydrogen-bond donors (Lipinski definition) is 2. The summed E-state index contributed by atoms with van der Waals surface area (Å²) in [7, 11) is -3.13. The molecule has 3 aromatic rings. The van der Waals surface area contributed by atoms with Crippen LogP contribution >= 0.6 is 8.25 Å². The van der Waals surface area contributed by atoms with Crippen LogP contribution in [0.5, 0.6) is 0 Å². The summed E-state index contributed by atoms with van der Waals surface area (Å²) in [5, 5.41) is 5.09.